The monoisotopic (exact) mass is 456 g/mol. The van der Waals surface area contributed by atoms with E-state index in [1.54, 1.807) is 18.6 Å². The Hall–Kier alpha value is -3.71. The van der Waals surface area contributed by atoms with Crippen LogP contribution in [0.25, 0.3) is 11.3 Å². The molecule has 33 heavy (non-hydrogen) atoms. The van der Waals surface area contributed by atoms with Crippen LogP contribution in [0.1, 0.15) is 36.0 Å². The van der Waals surface area contributed by atoms with E-state index in [1.165, 1.54) is 0 Å². The number of thiocarbonyl (C=S) groups is 1. The number of nitrogens with zero attached hydrogens (tertiary/aromatic N) is 3. The Bertz CT molecular complexity index is 1210. The van der Waals surface area contributed by atoms with Gasteiger partial charge in [0, 0.05) is 30.7 Å². The van der Waals surface area contributed by atoms with Crippen LogP contribution in [0, 0.1) is 0 Å². The van der Waals surface area contributed by atoms with Crippen LogP contribution < -0.4 is 10.1 Å². The molecular weight excluding hydrogens is 432 g/mol. The standard InChI is InChI=1S/C26H24N4O2S/c1-2-31-20-8-6-19(7-9-20)22-10-11-23(32-22)25-24(21-5-3-4-14-28-21)29-26(33)30(25)17-18-12-15-27-16-13-18/h3-16,24-25H,2,17H2,1H3,(H,29,33)/t24-,25+/m0/s1. The zero-order chi connectivity index (χ0) is 22.6. The molecule has 0 radical (unpaired) electrons. The van der Waals surface area contributed by atoms with Gasteiger partial charge in [-0.05, 0) is 85.4 Å². The summed E-state index contributed by atoms with van der Waals surface area (Å²) in [6, 6.07) is 21.6. The highest BCUT2D eigenvalue weighted by Gasteiger charge is 2.41. The minimum atomic E-state index is -0.142. The van der Waals surface area contributed by atoms with Crippen molar-refractivity contribution in [3.8, 4) is 17.1 Å². The smallest absolute Gasteiger partial charge is 0.170 e. The van der Waals surface area contributed by atoms with Gasteiger partial charge in [-0.25, -0.2) is 0 Å². The highest BCUT2D eigenvalue weighted by molar-refractivity contribution is 7.80. The van der Waals surface area contributed by atoms with Crippen molar-refractivity contribution in [3.05, 3.63) is 102 Å². The topological polar surface area (TPSA) is 63.4 Å². The third-order valence-electron chi connectivity index (χ3n) is 5.67. The van der Waals surface area contributed by atoms with Crippen LogP contribution in [0.2, 0.25) is 0 Å². The number of hydrogen-bond acceptors (Lipinski definition) is 5. The fourth-order valence-electron chi connectivity index (χ4n) is 4.12. The summed E-state index contributed by atoms with van der Waals surface area (Å²) in [6.45, 7) is 3.25. The number of ether oxygens (including phenoxy) is 1. The van der Waals surface area contributed by atoms with Crippen LogP contribution in [0.4, 0.5) is 0 Å². The van der Waals surface area contributed by atoms with Crippen LogP contribution in [0.3, 0.4) is 0 Å². The van der Waals surface area contributed by atoms with E-state index in [9.17, 15) is 0 Å². The molecule has 1 aliphatic rings. The molecule has 5 rings (SSSR count). The fraction of sp³-hybridized carbons (Fsp3) is 0.192. The summed E-state index contributed by atoms with van der Waals surface area (Å²) in [6.07, 6.45) is 5.39. The minimum absolute atomic E-state index is 0.125. The van der Waals surface area contributed by atoms with E-state index in [-0.39, 0.29) is 12.1 Å². The second kappa shape index (κ2) is 9.42. The van der Waals surface area contributed by atoms with Gasteiger partial charge in [0.15, 0.2) is 5.11 Å². The zero-order valence-electron chi connectivity index (χ0n) is 18.2. The molecule has 0 saturated carbocycles. The van der Waals surface area contributed by atoms with Gasteiger partial charge in [-0.2, -0.15) is 0 Å². The predicted molar refractivity (Wildman–Crippen MR) is 131 cm³/mol. The molecule has 1 saturated heterocycles. The first-order valence-corrected chi connectivity index (χ1v) is 11.3. The average Bonchev–Trinajstić information content (AvgIpc) is 3.46. The molecule has 6 nitrogen and oxygen atoms in total. The van der Waals surface area contributed by atoms with Crippen molar-refractivity contribution in [1.29, 1.82) is 0 Å². The highest BCUT2D eigenvalue weighted by Crippen LogP contribution is 2.41. The van der Waals surface area contributed by atoms with Crippen LogP contribution in [0.15, 0.2) is 89.7 Å². The first-order chi connectivity index (χ1) is 16.2. The maximum atomic E-state index is 6.40. The van der Waals surface area contributed by atoms with Gasteiger partial charge in [-0.15, -0.1) is 0 Å². The molecule has 1 fully saturated rings. The van der Waals surface area contributed by atoms with Crippen molar-refractivity contribution in [2.75, 3.05) is 6.61 Å². The molecule has 3 aromatic heterocycles. The van der Waals surface area contributed by atoms with E-state index in [0.29, 0.717) is 18.3 Å². The summed E-state index contributed by atoms with van der Waals surface area (Å²) in [5.74, 6) is 2.47. The molecule has 1 N–H and O–H groups in total. The van der Waals surface area contributed by atoms with E-state index < -0.39 is 0 Å². The Morgan fingerprint density at radius 3 is 2.55 bits per heavy atom. The summed E-state index contributed by atoms with van der Waals surface area (Å²) in [4.78, 5) is 10.9. The van der Waals surface area contributed by atoms with Crippen molar-refractivity contribution < 1.29 is 9.15 Å². The van der Waals surface area contributed by atoms with Crippen LogP contribution in [-0.4, -0.2) is 26.6 Å². The summed E-state index contributed by atoms with van der Waals surface area (Å²) in [5, 5.41) is 4.13. The molecule has 4 aromatic rings. The van der Waals surface area contributed by atoms with Crippen LogP contribution >= 0.6 is 12.2 Å². The molecule has 0 spiro atoms. The lowest BCUT2D eigenvalue weighted by Gasteiger charge is -2.26. The quantitative estimate of drug-likeness (QED) is 0.378. The number of nitrogens with one attached hydrogen (secondary N) is 1. The summed E-state index contributed by atoms with van der Waals surface area (Å²) in [7, 11) is 0. The summed E-state index contributed by atoms with van der Waals surface area (Å²) in [5.41, 5.74) is 3.04. The first-order valence-electron chi connectivity index (χ1n) is 10.9. The summed E-state index contributed by atoms with van der Waals surface area (Å²) >= 11 is 5.75. The second-order valence-electron chi connectivity index (χ2n) is 7.77. The van der Waals surface area contributed by atoms with Gasteiger partial charge in [0.05, 0.1) is 18.3 Å². The highest BCUT2D eigenvalue weighted by atomic mass is 32.1. The fourth-order valence-corrected chi connectivity index (χ4v) is 4.42. The SMILES string of the molecule is CCOc1ccc(-c2ccc([C@@H]3[C@H](c4ccccn4)NC(=S)N3Cc3ccncc3)o2)cc1. The number of furan rings is 1. The lowest BCUT2D eigenvalue weighted by Crippen LogP contribution is -2.29. The average molecular weight is 457 g/mol. The maximum absolute atomic E-state index is 6.40. The van der Waals surface area contributed by atoms with Gasteiger partial charge in [-0.3, -0.25) is 9.97 Å². The normalized spacial score (nSPS) is 17.7. The molecule has 166 valence electrons. The van der Waals surface area contributed by atoms with E-state index in [4.69, 9.17) is 21.4 Å². The molecule has 0 amide bonds. The number of benzene rings is 1. The van der Waals surface area contributed by atoms with E-state index in [0.717, 1.165) is 34.1 Å². The molecular formula is C26H24N4O2S. The largest absolute Gasteiger partial charge is 0.494 e. The van der Waals surface area contributed by atoms with Crippen molar-refractivity contribution in [2.45, 2.75) is 25.6 Å². The lowest BCUT2D eigenvalue weighted by molar-refractivity contribution is 0.269. The Morgan fingerprint density at radius 2 is 1.82 bits per heavy atom. The molecule has 1 aromatic carbocycles. The van der Waals surface area contributed by atoms with Crippen molar-refractivity contribution >= 4 is 17.3 Å². The number of pyridine rings is 2. The summed E-state index contributed by atoms with van der Waals surface area (Å²) < 4.78 is 12.0. The van der Waals surface area contributed by atoms with Gasteiger partial charge >= 0.3 is 0 Å². The molecule has 4 heterocycles. The molecule has 2 atom stereocenters. The number of rotatable bonds is 7. The van der Waals surface area contributed by atoms with Crippen molar-refractivity contribution in [3.63, 3.8) is 0 Å². The Labute approximate surface area is 198 Å². The molecule has 0 aliphatic carbocycles. The predicted octanol–water partition coefficient (Wildman–Crippen LogP) is 5.31. The van der Waals surface area contributed by atoms with E-state index in [2.05, 4.69) is 20.2 Å². The van der Waals surface area contributed by atoms with Gasteiger partial charge < -0.3 is 19.4 Å². The second-order valence-corrected chi connectivity index (χ2v) is 8.16. The molecule has 0 bridgehead atoms. The molecule has 7 heteroatoms. The third-order valence-corrected chi connectivity index (χ3v) is 6.02. The minimum Gasteiger partial charge on any atom is -0.494 e. The van der Waals surface area contributed by atoms with Crippen LogP contribution in [-0.2, 0) is 6.54 Å². The maximum Gasteiger partial charge on any atom is 0.170 e. The Balaban J connectivity index is 1.49. The number of hydrogen-bond donors (Lipinski definition) is 1. The zero-order valence-corrected chi connectivity index (χ0v) is 19.0. The molecule has 1 aliphatic heterocycles. The van der Waals surface area contributed by atoms with E-state index in [1.807, 2.05) is 73.7 Å². The van der Waals surface area contributed by atoms with Gasteiger partial charge in [0.2, 0.25) is 0 Å². The van der Waals surface area contributed by atoms with E-state index >= 15 is 0 Å². The van der Waals surface area contributed by atoms with Crippen molar-refractivity contribution in [1.82, 2.24) is 20.2 Å². The number of aromatic nitrogens is 2. The van der Waals surface area contributed by atoms with Crippen LogP contribution in [0.5, 0.6) is 5.75 Å². The van der Waals surface area contributed by atoms with Gasteiger partial charge in [-0.1, -0.05) is 6.07 Å². The van der Waals surface area contributed by atoms with Gasteiger partial charge in [0.25, 0.3) is 0 Å². The Kier molecular flexibility index (Phi) is 6.04. The first kappa shape index (κ1) is 21.2. The van der Waals surface area contributed by atoms with Gasteiger partial charge in [0.1, 0.15) is 23.3 Å². The molecule has 0 unspecified atom stereocenters. The van der Waals surface area contributed by atoms with Crippen molar-refractivity contribution in [2.24, 2.45) is 0 Å². The lowest BCUT2D eigenvalue weighted by atomic mass is 10.0. The third kappa shape index (κ3) is 4.45. The Morgan fingerprint density at radius 1 is 1.00 bits per heavy atom.